The van der Waals surface area contributed by atoms with E-state index >= 15 is 0 Å². The van der Waals surface area contributed by atoms with Crippen molar-refractivity contribution in [1.29, 1.82) is 5.26 Å². The Morgan fingerprint density at radius 2 is 2.36 bits per heavy atom. The van der Waals surface area contributed by atoms with E-state index in [0.717, 1.165) is 32.6 Å². The van der Waals surface area contributed by atoms with Crippen molar-refractivity contribution in [3.8, 4) is 6.07 Å². The van der Waals surface area contributed by atoms with Crippen LogP contribution in [0.5, 0.6) is 0 Å². The first-order chi connectivity index (χ1) is 12.0. The second-order valence-electron chi connectivity index (χ2n) is 5.64. The summed E-state index contributed by atoms with van der Waals surface area (Å²) in [5.41, 5.74) is 3.19. The van der Waals surface area contributed by atoms with Gasteiger partial charge in [-0.25, -0.2) is 0 Å². The molecule has 7 heteroatoms. The number of amides is 1. The molecule has 5 nitrogen and oxygen atoms in total. The lowest BCUT2D eigenvalue weighted by Crippen LogP contribution is -2.28. The third-order valence-corrected chi connectivity index (χ3v) is 5.59. The van der Waals surface area contributed by atoms with Crippen LogP contribution in [0.2, 0.25) is 0 Å². The van der Waals surface area contributed by atoms with E-state index in [1.807, 2.05) is 38.1 Å². The zero-order chi connectivity index (χ0) is 18.0. The molecule has 1 unspecified atom stereocenters. The lowest BCUT2D eigenvalue weighted by atomic mass is 10.0. The van der Waals surface area contributed by atoms with Crippen LogP contribution in [0.25, 0.3) is 0 Å². The Bertz CT molecular complexity index is 898. The highest BCUT2D eigenvalue weighted by Gasteiger charge is 2.30. The summed E-state index contributed by atoms with van der Waals surface area (Å²) < 4.78 is 0.945. The molecule has 2 heterocycles. The fourth-order valence-corrected chi connectivity index (χ4v) is 4.26. The topological polar surface area (TPSA) is 74.5 Å². The molecule has 0 saturated heterocycles. The minimum absolute atomic E-state index is 0.283. The largest absolute Gasteiger partial charge is 0.382 e. The molecule has 1 atom stereocenters. The van der Waals surface area contributed by atoms with Crippen LogP contribution in [0.4, 0.5) is 5.00 Å². The van der Waals surface area contributed by atoms with E-state index in [0.29, 0.717) is 17.0 Å². The maximum Gasteiger partial charge on any atom is 0.269 e. The third kappa shape index (κ3) is 3.60. The van der Waals surface area contributed by atoms with E-state index < -0.39 is 6.10 Å². The van der Waals surface area contributed by atoms with Crippen LogP contribution < -0.4 is 5.32 Å². The van der Waals surface area contributed by atoms with Gasteiger partial charge < -0.3 is 10.2 Å². The van der Waals surface area contributed by atoms with Crippen LogP contribution in [0.3, 0.4) is 0 Å². The van der Waals surface area contributed by atoms with E-state index in [1.54, 1.807) is 0 Å². The highest BCUT2D eigenvalue weighted by molar-refractivity contribution is 9.10. The number of carbonyl (C=O) groups is 1. The van der Waals surface area contributed by atoms with Gasteiger partial charge in [0.2, 0.25) is 6.10 Å². The summed E-state index contributed by atoms with van der Waals surface area (Å²) in [5, 5.41) is 16.8. The number of rotatable bonds is 4. The van der Waals surface area contributed by atoms with Crippen molar-refractivity contribution in [2.24, 2.45) is 5.16 Å². The summed E-state index contributed by atoms with van der Waals surface area (Å²) >= 11 is 4.85. The number of aryl methyl sites for hydroxylation is 1. The Balaban J connectivity index is 1.71. The first kappa shape index (κ1) is 17.6. The van der Waals surface area contributed by atoms with Crippen molar-refractivity contribution in [2.75, 3.05) is 5.32 Å². The average Bonchev–Trinajstić information content (AvgIpc) is 3.19. The highest BCUT2D eigenvalue weighted by atomic mass is 79.9. The van der Waals surface area contributed by atoms with E-state index in [4.69, 9.17) is 4.84 Å². The highest BCUT2D eigenvalue weighted by Crippen LogP contribution is 2.33. The smallest absolute Gasteiger partial charge is 0.269 e. The molecule has 1 aromatic heterocycles. The number of anilines is 1. The number of oxime groups is 1. The van der Waals surface area contributed by atoms with Crippen LogP contribution >= 0.6 is 27.3 Å². The molecular weight excluding hydrogens is 402 g/mol. The average molecular weight is 418 g/mol. The molecule has 0 aliphatic carbocycles. The molecule has 0 spiro atoms. The Labute approximate surface area is 158 Å². The second kappa shape index (κ2) is 7.38. The van der Waals surface area contributed by atoms with E-state index in [-0.39, 0.29) is 5.91 Å². The van der Waals surface area contributed by atoms with E-state index in [9.17, 15) is 10.1 Å². The predicted molar refractivity (Wildman–Crippen MR) is 102 cm³/mol. The van der Waals surface area contributed by atoms with Gasteiger partial charge in [0.1, 0.15) is 11.1 Å². The quantitative estimate of drug-likeness (QED) is 0.801. The standard InChI is InChI=1S/C18H16BrN3O2S/c1-3-13-10(2)25-18(14(13)9-20)21-17(23)16-8-15(22-24-16)11-5-4-6-12(19)7-11/h4-7,16H,3,8H2,1-2H3,(H,21,23). The Hall–Kier alpha value is -2.17. The molecule has 0 saturated carbocycles. The molecule has 0 bridgehead atoms. The molecule has 1 amide bonds. The van der Waals surface area contributed by atoms with Gasteiger partial charge in [0, 0.05) is 21.3 Å². The number of halogens is 1. The number of benzene rings is 1. The molecule has 1 aliphatic rings. The molecule has 1 N–H and O–H groups in total. The van der Waals surface area contributed by atoms with Crippen molar-refractivity contribution in [3.05, 3.63) is 50.3 Å². The summed E-state index contributed by atoms with van der Waals surface area (Å²) in [6, 6.07) is 9.90. The Morgan fingerprint density at radius 1 is 1.56 bits per heavy atom. The Kier molecular flexibility index (Phi) is 5.21. The van der Waals surface area contributed by atoms with Gasteiger partial charge in [0.05, 0.1) is 11.3 Å². The minimum atomic E-state index is -0.687. The molecule has 0 fully saturated rings. The number of nitriles is 1. The van der Waals surface area contributed by atoms with Gasteiger partial charge in [-0.15, -0.1) is 11.3 Å². The van der Waals surface area contributed by atoms with Crippen LogP contribution in [0.1, 0.15) is 34.9 Å². The monoisotopic (exact) mass is 417 g/mol. The van der Waals surface area contributed by atoms with Gasteiger partial charge in [-0.1, -0.05) is 40.1 Å². The van der Waals surface area contributed by atoms with E-state index in [1.165, 1.54) is 11.3 Å². The lowest BCUT2D eigenvalue weighted by molar-refractivity contribution is -0.125. The van der Waals surface area contributed by atoms with Crippen molar-refractivity contribution in [2.45, 2.75) is 32.8 Å². The van der Waals surface area contributed by atoms with Gasteiger partial charge in [0.25, 0.3) is 5.91 Å². The van der Waals surface area contributed by atoms with Crippen LogP contribution in [0, 0.1) is 18.3 Å². The lowest BCUT2D eigenvalue weighted by Gasteiger charge is -2.08. The first-order valence-electron chi connectivity index (χ1n) is 7.85. The fourth-order valence-electron chi connectivity index (χ4n) is 2.76. The van der Waals surface area contributed by atoms with Crippen molar-refractivity contribution >= 4 is 43.9 Å². The summed E-state index contributed by atoms with van der Waals surface area (Å²) in [7, 11) is 0. The van der Waals surface area contributed by atoms with Gasteiger partial charge >= 0.3 is 0 Å². The van der Waals surface area contributed by atoms with Gasteiger partial charge in [-0.05, 0) is 31.0 Å². The molecule has 128 valence electrons. The zero-order valence-corrected chi connectivity index (χ0v) is 16.2. The molecule has 1 aliphatic heterocycles. The number of hydrogen-bond acceptors (Lipinski definition) is 5. The molecule has 2 aromatic rings. The summed E-state index contributed by atoms with van der Waals surface area (Å²) in [6.45, 7) is 3.96. The summed E-state index contributed by atoms with van der Waals surface area (Å²) in [4.78, 5) is 18.9. The number of thiophene rings is 1. The number of nitrogens with one attached hydrogen (secondary N) is 1. The number of hydrogen-bond donors (Lipinski definition) is 1. The fraction of sp³-hybridized carbons (Fsp3) is 0.278. The second-order valence-corrected chi connectivity index (χ2v) is 7.78. The van der Waals surface area contributed by atoms with Crippen LogP contribution in [-0.4, -0.2) is 17.7 Å². The number of carbonyl (C=O) groups excluding carboxylic acids is 1. The molecule has 1 aromatic carbocycles. The first-order valence-corrected chi connectivity index (χ1v) is 9.46. The maximum atomic E-state index is 12.5. The van der Waals surface area contributed by atoms with Gasteiger partial charge in [-0.2, -0.15) is 5.26 Å². The van der Waals surface area contributed by atoms with Gasteiger partial charge in [-0.3, -0.25) is 4.79 Å². The third-order valence-electron chi connectivity index (χ3n) is 4.03. The molecule has 0 radical (unpaired) electrons. The van der Waals surface area contributed by atoms with Crippen molar-refractivity contribution in [1.82, 2.24) is 0 Å². The van der Waals surface area contributed by atoms with Crippen LogP contribution in [0.15, 0.2) is 33.9 Å². The molecule has 25 heavy (non-hydrogen) atoms. The number of nitrogens with zero attached hydrogens (tertiary/aromatic N) is 2. The molecular formula is C18H16BrN3O2S. The van der Waals surface area contributed by atoms with Crippen LogP contribution in [-0.2, 0) is 16.1 Å². The summed E-state index contributed by atoms with van der Waals surface area (Å²) in [5.74, 6) is -0.283. The zero-order valence-electron chi connectivity index (χ0n) is 13.8. The normalized spacial score (nSPS) is 16.1. The molecule has 3 rings (SSSR count). The summed E-state index contributed by atoms with van der Waals surface area (Å²) in [6.07, 6.45) is 0.472. The minimum Gasteiger partial charge on any atom is -0.382 e. The van der Waals surface area contributed by atoms with Gasteiger partial charge in [0.15, 0.2) is 0 Å². The van der Waals surface area contributed by atoms with Crippen molar-refractivity contribution < 1.29 is 9.63 Å². The predicted octanol–water partition coefficient (Wildman–Crippen LogP) is 4.38. The Morgan fingerprint density at radius 3 is 3.04 bits per heavy atom. The maximum absolute atomic E-state index is 12.5. The van der Waals surface area contributed by atoms with E-state index in [2.05, 4.69) is 32.5 Å². The SMILES string of the molecule is CCc1c(C)sc(NC(=O)C2CC(c3cccc(Br)c3)=NO2)c1C#N. The van der Waals surface area contributed by atoms with Crippen molar-refractivity contribution in [3.63, 3.8) is 0 Å².